The fraction of sp³-hybridized carbons (Fsp3) is 0.222. The van der Waals surface area contributed by atoms with E-state index < -0.39 is 22.0 Å². The number of sulfonamides is 1. The number of aromatic nitrogens is 1. The number of thiophene rings is 1. The Labute approximate surface area is 196 Å². The van der Waals surface area contributed by atoms with Crippen LogP contribution in [0.3, 0.4) is 0 Å². The van der Waals surface area contributed by atoms with Gasteiger partial charge >= 0.3 is 0 Å². The van der Waals surface area contributed by atoms with E-state index in [0.717, 1.165) is 11.3 Å². The summed E-state index contributed by atoms with van der Waals surface area (Å²) in [7, 11) is -3.79. The molecule has 30 heavy (non-hydrogen) atoms. The van der Waals surface area contributed by atoms with Gasteiger partial charge in [0.25, 0.3) is 10.0 Å². The molecule has 1 aliphatic rings. The highest BCUT2D eigenvalue weighted by Crippen LogP contribution is 2.34. The number of hydrogen-bond acceptors (Lipinski definition) is 6. The van der Waals surface area contributed by atoms with E-state index in [1.54, 1.807) is 23.6 Å². The van der Waals surface area contributed by atoms with Gasteiger partial charge in [-0.1, -0.05) is 34.8 Å². The van der Waals surface area contributed by atoms with E-state index in [9.17, 15) is 13.2 Å². The second-order valence-corrected chi connectivity index (χ2v) is 12.0. The summed E-state index contributed by atoms with van der Waals surface area (Å²) >= 11 is 20.2. The van der Waals surface area contributed by atoms with Crippen molar-refractivity contribution >= 4 is 78.5 Å². The van der Waals surface area contributed by atoms with Crippen molar-refractivity contribution in [2.45, 2.75) is 23.1 Å². The number of nitrogens with zero attached hydrogens (tertiary/aromatic N) is 2. The smallest absolute Gasteiger partial charge is 0.253 e. The number of carbonyl (C=O) groups excluding carboxylic acids is 1. The van der Waals surface area contributed by atoms with Gasteiger partial charge in [0.15, 0.2) is 5.13 Å². The van der Waals surface area contributed by atoms with Crippen LogP contribution in [-0.2, 0) is 14.8 Å². The maximum Gasteiger partial charge on any atom is 0.253 e. The summed E-state index contributed by atoms with van der Waals surface area (Å²) in [4.78, 5) is 17.3. The van der Waals surface area contributed by atoms with Gasteiger partial charge in [0.1, 0.15) is 10.3 Å². The average molecular weight is 523 g/mol. The monoisotopic (exact) mass is 521 g/mol. The Morgan fingerprint density at radius 2 is 2.00 bits per heavy atom. The van der Waals surface area contributed by atoms with Crippen LogP contribution in [0.5, 0.6) is 0 Å². The molecule has 1 saturated heterocycles. The molecule has 1 aliphatic heterocycles. The number of anilines is 1. The minimum absolute atomic E-state index is 0.126. The molecule has 158 valence electrons. The molecule has 1 atom stereocenters. The highest BCUT2D eigenvalue weighted by Gasteiger charge is 2.40. The van der Waals surface area contributed by atoms with Crippen LogP contribution in [0.25, 0.3) is 11.3 Å². The van der Waals surface area contributed by atoms with Gasteiger partial charge in [0, 0.05) is 22.5 Å². The predicted molar refractivity (Wildman–Crippen MR) is 122 cm³/mol. The molecule has 1 unspecified atom stereocenters. The first-order valence-electron chi connectivity index (χ1n) is 8.75. The van der Waals surface area contributed by atoms with Gasteiger partial charge in [-0.25, -0.2) is 13.4 Å². The molecule has 2 aromatic heterocycles. The fourth-order valence-electron chi connectivity index (χ4n) is 3.18. The van der Waals surface area contributed by atoms with E-state index in [4.69, 9.17) is 34.8 Å². The lowest BCUT2D eigenvalue weighted by molar-refractivity contribution is -0.119. The van der Waals surface area contributed by atoms with Gasteiger partial charge < -0.3 is 5.32 Å². The Hall–Kier alpha value is -1.20. The molecule has 1 fully saturated rings. The Kier molecular flexibility index (Phi) is 6.41. The van der Waals surface area contributed by atoms with Crippen LogP contribution >= 0.6 is 57.5 Å². The maximum absolute atomic E-state index is 12.9. The van der Waals surface area contributed by atoms with Crippen LogP contribution in [-0.4, -0.2) is 36.2 Å². The summed E-state index contributed by atoms with van der Waals surface area (Å²) in [5, 5.41) is 5.83. The normalized spacial score (nSPS) is 17.4. The number of amides is 1. The number of hydrogen-bond donors (Lipinski definition) is 1. The fourth-order valence-corrected chi connectivity index (χ4v) is 7.67. The van der Waals surface area contributed by atoms with Crippen molar-refractivity contribution in [2.75, 3.05) is 11.9 Å². The van der Waals surface area contributed by atoms with E-state index in [0.29, 0.717) is 43.6 Å². The highest BCUT2D eigenvalue weighted by molar-refractivity contribution is 7.91. The molecule has 3 aromatic rings. The number of benzene rings is 1. The van der Waals surface area contributed by atoms with Crippen molar-refractivity contribution in [1.29, 1.82) is 0 Å². The second-order valence-electron chi connectivity index (χ2n) is 6.48. The summed E-state index contributed by atoms with van der Waals surface area (Å²) in [5.74, 6) is -0.415. The number of thiazole rings is 1. The van der Waals surface area contributed by atoms with E-state index in [1.165, 1.54) is 27.8 Å². The van der Waals surface area contributed by atoms with Crippen molar-refractivity contribution in [3.05, 3.63) is 50.1 Å². The molecular formula is C18H14Cl3N3O3S3. The van der Waals surface area contributed by atoms with E-state index in [1.807, 2.05) is 0 Å². The molecule has 0 saturated carbocycles. The van der Waals surface area contributed by atoms with Crippen molar-refractivity contribution < 1.29 is 13.2 Å². The summed E-state index contributed by atoms with van der Waals surface area (Å²) < 4.78 is 27.6. The minimum Gasteiger partial charge on any atom is -0.301 e. The molecule has 1 N–H and O–H groups in total. The van der Waals surface area contributed by atoms with E-state index in [2.05, 4.69) is 10.3 Å². The van der Waals surface area contributed by atoms with Crippen LogP contribution in [0.15, 0.2) is 39.9 Å². The molecule has 12 heteroatoms. The van der Waals surface area contributed by atoms with Crippen molar-refractivity contribution in [3.63, 3.8) is 0 Å². The standard InChI is InChI=1S/C18H14Cl3N3O3S3/c19-10-3-4-11(12(20)8-10)13-9-28-18(22-13)23-17(25)14-2-1-7-24(14)30(26,27)16-6-5-15(21)29-16/h3-6,8-9,14H,1-2,7H2,(H,22,23,25). The average Bonchev–Trinajstić information content (AvgIpc) is 3.42. The van der Waals surface area contributed by atoms with Crippen LogP contribution in [0.1, 0.15) is 12.8 Å². The third-order valence-corrected chi connectivity index (χ3v) is 9.47. The van der Waals surface area contributed by atoms with Gasteiger partial charge in [-0.3, -0.25) is 4.79 Å². The van der Waals surface area contributed by atoms with Gasteiger partial charge in [-0.2, -0.15) is 4.31 Å². The van der Waals surface area contributed by atoms with Crippen molar-refractivity contribution in [2.24, 2.45) is 0 Å². The van der Waals surface area contributed by atoms with Gasteiger partial charge in [-0.05, 0) is 43.2 Å². The van der Waals surface area contributed by atoms with Gasteiger partial charge in [-0.15, -0.1) is 22.7 Å². The lowest BCUT2D eigenvalue weighted by atomic mass is 10.2. The van der Waals surface area contributed by atoms with E-state index >= 15 is 0 Å². The SMILES string of the molecule is O=C(Nc1nc(-c2ccc(Cl)cc2Cl)cs1)C1CCCN1S(=O)(=O)c1ccc(Cl)s1. The van der Waals surface area contributed by atoms with E-state index in [-0.39, 0.29) is 10.8 Å². The van der Waals surface area contributed by atoms with Crippen LogP contribution in [0, 0.1) is 0 Å². The summed E-state index contributed by atoms with van der Waals surface area (Å²) in [6, 6.07) is 7.26. The Morgan fingerprint density at radius 3 is 2.70 bits per heavy atom. The third-order valence-electron chi connectivity index (χ3n) is 4.56. The minimum atomic E-state index is -3.79. The Morgan fingerprint density at radius 1 is 1.20 bits per heavy atom. The third kappa shape index (κ3) is 4.38. The van der Waals surface area contributed by atoms with Gasteiger partial charge in [0.05, 0.1) is 15.1 Å². The molecule has 4 rings (SSSR count). The van der Waals surface area contributed by atoms with Crippen molar-refractivity contribution in [3.8, 4) is 11.3 Å². The molecule has 0 radical (unpaired) electrons. The molecule has 0 bridgehead atoms. The summed E-state index contributed by atoms with van der Waals surface area (Å²) in [6.07, 6.45) is 1.03. The van der Waals surface area contributed by atoms with Crippen LogP contribution in [0.2, 0.25) is 14.4 Å². The van der Waals surface area contributed by atoms with Crippen LogP contribution < -0.4 is 5.32 Å². The summed E-state index contributed by atoms with van der Waals surface area (Å²) in [6.45, 7) is 0.277. The molecule has 6 nitrogen and oxygen atoms in total. The quantitative estimate of drug-likeness (QED) is 0.471. The number of halogens is 3. The Bertz CT molecular complexity index is 1210. The first-order valence-corrected chi connectivity index (χ1v) is 13.0. The molecule has 0 spiro atoms. The second kappa shape index (κ2) is 8.74. The lowest BCUT2D eigenvalue weighted by Crippen LogP contribution is -2.42. The molecule has 0 aliphatic carbocycles. The molecule has 1 aromatic carbocycles. The zero-order chi connectivity index (χ0) is 21.5. The summed E-state index contributed by atoms with van der Waals surface area (Å²) in [5.41, 5.74) is 1.29. The lowest BCUT2D eigenvalue weighted by Gasteiger charge is -2.22. The topological polar surface area (TPSA) is 79.4 Å². The number of carbonyl (C=O) groups is 1. The number of rotatable bonds is 5. The first-order chi connectivity index (χ1) is 14.3. The highest BCUT2D eigenvalue weighted by atomic mass is 35.5. The largest absolute Gasteiger partial charge is 0.301 e. The van der Waals surface area contributed by atoms with Crippen molar-refractivity contribution in [1.82, 2.24) is 9.29 Å². The zero-order valence-electron chi connectivity index (χ0n) is 15.1. The van der Waals surface area contributed by atoms with Crippen LogP contribution in [0.4, 0.5) is 5.13 Å². The maximum atomic E-state index is 12.9. The first kappa shape index (κ1) is 22.0. The molecule has 1 amide bonds. The molecular weight excluding hydrogens is 509 g/mol. The van der Waals surface area contributed by atoms with Gasteiger partial charge in [0.2, 0.25) is 5.91 Å². The zero-order valence-corrected chi connectivity index (χ0v) is 19.9. The molecule has 3 heterocycles. The Balaban J connectivity index is 1.52. The predicted octanol–water partition coefficient (Wildman–Crippen LogP) is 5.62. The number of nitrogens with one attached hydrogen (secondary N) is 1.